The molecule has 2 heterocycles. The fraction of sp³-hybridized carbons (Fsp3) is 0.235. The van der Waals surface area contributed by atoms with Gasteiger partial charge in [0.25, 0.3) is 0 Å². The second-order valence-electron chi connectivity index (χ2n) is 5.94. The van der Waals surface area contributed by atoms with Crippen molar-refractivity contribution in [2.24, 2.45) is 0 Å². The first-order valence-electron chi connectivity index (χ1n) is 7.45. The average Bonchev–Trinajstić information content (AvgIpc) is 3.23. The minimum atomic E-state index is -3.29. The molecule has 0 radical (unpaired) electrons. The highest BCUT2D eigenvalue weighted by Crippen LogP contribution is 2.46. The molecule has 4 rings (SSSR count). The topological polar surface area (TPSA) is 59.1 Å². The zero-order chi connectivity index (χ0) is 16.0. The molecule has 1 aromatic carbocycles. The van der Waals surface area contributed by atoms with Gasteiger partial charge in [-0.25, -0.2) is 8.42 Å². The van der Waals surface area contributed by atoms with Gasteiger partial charge in [-0.1, -0.05) is 6.07 Å². The third-order valence-electron chi connectivity index (χ3n) is 4.07. The summed E-state index contributed by atoms with van der Waals surface area (Å²) >= 11 is 1.63. The summed E-state index contributed by atoms with van der Waals surface area (Å²) in [5, 5.41) is 2.93. The molecule has 1 saturated carbocycles. The summed E-state index contributed by atoms with van der Waals surface area (Å²) in [4.78, 5) is 4.30. The van der Waals surface area contributed by atoms with E-state index >= 15 is 0 Å². The average molecular weight is 344 g/mol. The molecule has 3 aromatic rings. The third kappa shape index (κ3) is 2.84. The number of hydrogen-bond acceptors (Lipinski definition) is 4. The summed E-state index contributed by atoms with van der Waals surface area (Å²) in [6.07, 6.45) is 7.41. The summed E-state index contributed by atoms with van der Waals surface area (Å²) in [6.45, 7) is 0. The zero-order valence-corrected chi connectivity index (χ0v) is 14.2. The molecule has 0 aliphatic heterocycles. The SMILES string of the molecule is CS(=O)(=O)Nc1ccc(-c2cnccc2C2CC2)c2sccc12. The Morgan fingerprint density at radius 2 is 2.00 bits per heavy atom. The van der Waals surface area contributed by atoms with Crippen molar-refractivity contribution in [1.82, 2.24) is 4.98 Å². The first-order valence-corrected chi connectivity index (χ1v) is 10.2. The van der Waals surface area contributed by atoms with E-state index in [0.29, 0.717) is 11.6 Å². The number of sulfonamides is 1. The van der Waals surface area contributed by atoms with Crippen molar-refractivity contribution in [2.45, 2.75) is 18.8 Å². The molecule has 0 saturated heterocycles. The Kier molecular flexibility index (Phi) is 3.39. The standard InChI is InChI=1S/C17H16N2O2S2/c1-23(20,21)19-16-5-4-13(17-14(16)7-9-22-17)15-10-18-8-6-12(15)11-2-3-11/h4-11,19H,2-3H2,1H3. The maximum absolute atomic E-state index is 11.6. The summed E-state index contributed by atoms with van der Waals surface area (Å²) < 4.78 is 26.8. The molecule has 0 spiro atoms. The van der Waals surface area contributed by atoms with Gasteiger partial charge in [0.2, 0.25) is 10.0 Å². The van der Waals surface area contributed by atoms with E-state index in [1.807, 2.05) is 36.0 Å². The van der Waals surface area contributed by atoms with Crippen LogP contribution in [0.25, 0.3) is 21.2 Å². The highest BCUT2D eigenvalue weighted by atomic mass is 32.2. The smallest absolute Gasteiger partial charge is 0.229 e. The maximum Gasteiger partial charge on any atom is 0.229 e. The van der Waals surface area contributed by atoms with Crippen molar-refractivity contribution in [2.75, 3.05) is 11.0 Å². The largest absolute Gasteiger partial charge is 0.283 e. The number of aromatic nitrogens is 1. The van der Waals surface area contributed by atoms with Crippen LogP contribution in [0.15, 0.2) is 42.0 Å². The van der Waals surface area contributed by atoms with E-state index in [4.69, 9.17) is 0 Å². The number of benzene rings is 1. The number of hydrogen-bond donors (Lipinski definition) is 1. The molecule has 1 aliphatic rings. The Balaban J connectivity index is 1.90. The first-order chi connectivity index (χ1) is 11.0. The summed E-state index contributed by atoms with van der Waals surface area (Å²) in [6, 6.07) is 7.91. The van der Waals surface area contributed by atoms with Crippen LogP contribution in [0.1, 0.15) is 24.3 Å². The third-order valence-corrected chi connectivity index (χ3v) is 5.61. The number of rotatable bonds is 4. The molecule has 0 unspecified atom stereocenters. The lowest BCUT2D eigenvalue weighted by molar-refractivity contribution is 0.607. The summed E-state index contributed by atoms with van der Waals surface area (Å²) in [5.41, 5.74) is 4.26. The highest BCUT2D eigenvalue weighted by molar-refractivity contribution is 7.92. The van der Waals surface area contributed by atoms with Crippen LogP contribution in [0.5, 0.6) is 0 Å². The predicted octanol–water partition coefficient (Wildman–Crippen LogP) is 4.21. The fourth-order valence-electron chi connectivity index (χ4n) is 2.94. The van der Waals surface area contributed by atoms with Crippen LogP contribution in [0.4, 0.5) is 5.69 Å². The lowest BCUT2D eigenvalue weighted by Gasteiger charge is -2.12. The highest BCUT2D eigenvalue weighted by Gasteiger charge is 2.27. The first kappa shape index (κ1) is 14.7. The number of nitrogens with zero attached hydrogens (tertiary/aromatic N) is 1. The van der Waals surface area contributed by atoms with E-state index in [0.717, 1.165) is 21.2 Å². The number of nitrogens with one attached hydrogen (secondary N) is 1. The molecule has 1 aliphatic carbocycles. The van der Waals surface area contributed by atoms with Crippen LogP contribution in [0, 0.1) is 0 Å². The van der Waals surface area contributed by atoms with Crippen molar-refractivity contribution in [1.29, 1.82) is 0 Å². The quantitative estimate of drug-likeness (QED) is 0.771. The molecule has 2 aromatic heterocycles. The molecule has 0 bridgehead atoms. The molecule has 0 atom stereocenters. The zero-order valence-electron chi connectivity index (χ0n) is 12.6. The molecule has 1 N–H and O–H groups in total. The van der Waals surface area contributed by atoms with Gasteiger partial charge in [-0.2, -0.15) is 0 Å². The number of anilines is 1. The Morgan fingerprint density at radius 3 is 2.74 bits per heavy atom. The van der Waals surface area contributed by atoms with Gasteiger partial charge < -0.3 is 0 Å². The van der Waals surface area contributed by atoms with E-state index in [9.17, 15) is 8.42 Å². The van der Waals surface area contributed by atoms with Crippen LogP contribution in [0.2, 0.25) is 0 Å². The van der Waals surface area contributed by atoms with Gasteiger partial charge in [0.05, 0.1) is 11.9 Å². The van der Waals surface area contributed by atoms with Gasteiger partial charge in [-0.05, 0) is 47.9 Å². The lowest BCUT2D eigenvalue weighted by Crippen LogP contribution is -2.09. The summed E-state index contributed by atoms with van der Waals surface area (Å²) in [5.74, 6) is 0.636. The monoisotopic (exact) mass is 344 g/mol. The molecule has 1 fully saturated rings. The van der Waals surface area contributed by atoms with Crippen LogP contribution in [0.3, 0.4) is 0 Å². The van der Waals surface area contributed by atoms with E-state index in [1.54, 1.807) is 11.3 Å². The van der Waals surface area contributed by atoms with Crippen LogP contribution in [-0.4, -0.2) is 19.7 Å². The molecule has 6 heteroatoms. The van der Waals surface area contributed by atoms with E-state index < -0.39 is 10.0 Å². The number of pyridine rings is 1. The molecule has 23 heavy (non-hydrogen) atoms. The van der Waals surface area contributed by atoms with Gasteiger partial charge in [-0.3, -0.25) is 9.71 Å². The molecular weight excluding hydrogens is 328 g/mol. The van der Waals surface area contributed by atoms with Crippen LogP contribution >= 0.6 is 11.3 Å². The van der Waals surface area contributed by atoms with Gasteiger partial charge in [-0.15, -0.1) is 11.3 Å². The molecule has 0 amide bonds. The van der Waals surface area contributed by atoms with Crippen molar-refractivity contribution >= 4 is 37.1 Å². The minimum Gasteiger partial charge on any atom is -0.283 e. The molecular formula is C17H16N2O2S2. The Labute approximate surface area is 139 Å². The lowest BCUT2D eigenvalue weighted by atomic mass is 9.98. The van der Waals surface area contributed by atoms with Gasteiger partial charge in [0.15, 0.2) is 0 Å². The van der Waals surface area contributed by atoms with Crippen molar-refractivity contribution in [3.8, 4) is 11.1 Å². The minimum absolute atomic E-state index is 0.629. The van der Waals surface area contributed by atoms with Crippen molar-refractivity contribution in [3.05, 3.63) is 47.6 Å². The summed E-state index contributed by atoms with van der Waals surface area (Å²) in [7, 11) is -3.29. The number of fused-ring (bicyclic) bond motifs is 1. The van der Waals surface area contributed by atoms with Crippen molar-refractivity contribution < 1.29 is 8.42 Å². The normalized spacial score (nSPS) is 15.0. The van der Waals surface area contributed by atoms with Crippen LogP contribution in [-0.2, 0) is 10.0 Å². The number of thiophene rings is 1. The van der Waals surface area contributed by atoms with Crippen LogP contribution < -0.4 is 4.72 Å². The Morgan fingerprint density at radius 1 is 1.17 bits per heavy atom. The Hall–Kier alpha value is -1.92. The molecule has 4 nitrogen and oxygen atoms in total. The molecule has 118 valence electrons. The van der Waals surface area contributed by atoms with Gasteiger partial charge in [0, 0.05) is 33.6 Å². The Bertz CT molecular complexity index is 989. The van der Waals surface area contributed by atoms with Gasteiger partial charge in [0.1, 0.15) is 0 Å². The van der Waals surface area contributed by atoms with E-state index in [2.05, 4.69) is 15.8 Å². The second kappa shape index (κ2) is 5.32. The van der Waals surface area contributed by atoms with Crippen molar-refractivity contribution in [3.63, 3.8) is 0 Å². The predicted molar refractivity (Wildman–Crippen MR) is 95.5 cm³/mol. The van der Waals surface area contributed by atoms with E-state index in [1.165, 1.54) is 24.7 Å². The van der Waals surface area contributed by atoms with E-state index in [-0.39, 0.29) is 0 Å². The maximum atomic E-state index is 11.6. The van der Waals surface area contributed by atoms with Gasteiger partial charge >= 0.3 is 0 Å². The second-order valence-corrected chi connectivity index (χ2v) is 8.60. The fourth-order valence-corrected chi connectivity index (χ4v) is 4.47.